The highest BCUT2D eigenvalue weighted by Crippen LogP contribution is 2.39. The van der Waals surface area contributed by atoms with Gasteiger partial charge in [-0.25, -0.2) is 0 Å². The van der Waals surface area contributed by atoms with Crippen LogP contribution in [0.2, 0.25) is 0 Å². The van der Waals surface area contributed by atoms with E-state index in [4.69, 9.17) is 0 Å². The molecule has 0 aromatic heterocycles. The molecule has 0 saturated heterocycles. The lowest BCUT2D eigenvalue weighted by atomic mass is 9.88. The summed E-state index contributed by atoms with van der Waals surface area (Å²) < 4.78 is 0. The highest BCUT2D eigenvalue weighted by Gasteiger charge is 2.28. The fraction of sp³-hybridized carbons (Fsp3) is 0.294. The summed E-state index contributed by atoms with van der Waals surface area (Å²) in [5.41, 5.74) is 2.10. The van der Waals surface area contributed by atoms with Gasteiger partial charge in [-0.1, -0.05) is 30.3 Å². The van der Waals surface area contributed by atoms with Gasteiger partial charge in [-0.2, -0.15) is 0 Å². The molecule has 116 valence electrons. The average Bonchev–Trinajstić information content (AvgIpc) is 2.53. The third-order valence-corrected chi connectivity index (χ3v) is 4.12. The van der Waals surface area contributed by atoms with E-state index in [-0.39, 0.29) is 17.5 Å². The number of benzene rings is 2. The maximum atomic E-state index is 10.4. The number of nitrogens with one attached hydrogen (secondary N) is 1. The van der Waals surface area contributed by atoms with Gasteiger partial charge >= 0.3 is 0 Å². The van der Waals surface area contributed by atoms with Gasteiger partial charge in [-0.05, 0) is 35.2 Å². The van der Waals surface area contributed by atoms with E-state index in [1.54, 1.807) is 0 Å². The minimum absolute atomic E-state index is 0.208. The van der Waals surface area contributed by atoms with Gasteiger partial charge in [0.05, 0.1) is 12.2 Å². The number of aliphatic hydroxyl groups excluding tert-OH is 2. The molecule has 3 atom stereocenters. The molecule has 0 fully saturated rings. The van der Waals surface area contributed by atoms with Crippen molar-refractivity contribution in [1.82, 2.24) is 5.32 Å². The third kappa shape index (κ3) is 2.78. The van der Waals surface area contributed by atoms with Crippen molar-refractivity contribution in [2.75, 3.05) is 6.54 Å². The number of fused-ring (bicyclic) bond motifs is 1. The van der Waals surface area contributed by atoms with Gasteiger partial charge in [0.25, 0.3) is 0 Å². The first-order valence-electron chi connectivity index (χ1n) is 7.26. The molecule has 0 saturated carbocycles. The van der Waals surface area contributed by atoms with Gasteiger partial charge < -0.3 is 25.7 Å². The molecule has 1 heterocycles. The summed E-state index contributed by atoms with van der Waals surface area (Å²) >= 11 is 0. The zero-order valence-corrected chi connectivity index (χ0v) is 12.0. The SMILES string of the molecule is Oc1cc2c(cc1O)C(CC(O)c1ccccc1)NCC2O. The fourth-order valence-electron chi connectivity index (χ4n) is 2.92. The summed E-state index contributed by atoms with van der Waals surface area (Å²) in [4.78, 5) is 0. The first-order chi connectivity index (χ1) is 10.6. The van der Waals surface area contributed by atoms with Crippen molar-refractivity contribution < 1.29 is 20.4 Å². The van der Waals surface area contributed by atoms with Crippen molar-refractivity contribution in [3.05, 3.63) is 59.2 Å². The van der Waals surface area contributed by atoms with Crippen LogP contribution in [-0.2, 0) is 0 Å². The van der Waals surface area contributed by atoms with Crippen molar-refractivity contribution in [2.24, 2.45) is 0 Å². The molecule has 0 amide bonds. The van der Waals surface area contributed by atoms with Gasteiger partial charge in [-0.15, -0.1) is 0 Å². The Balaban J connectivity index is 1.87. The number of phenols is 2. The first kappa shape index (κ1) is 14.8. The van der Waals surface area contributed by atoms with E-state index in [2.05, 4.69) is 5.32 Å². The molecule has 0 spiro atoms. The highest BCUT2D eigenvalue weighted by molar-refractivity contribution is 5.48. The number of hydrogen-bond acceptors (Lipinski definition) is 5. The molecule has 2 aromatic rings. The molecule has 0 radical (unpaired) electrons. The average molecular weight is 301 g/mol. The molecule has 1 aliphatic rings. The van der Waals surface area contributed by atoms with E-state index in [0.29, 0.717) is 24.1 Å². The molecular weight excluding hydrogens is 282 g/mol. The molecule has 5 N–H and O–H groups in total. The second-order valence-corrected chi connectivity index (χ2v) is 5.61. The van der Waals surface area contributed by atoms with Crippen LogP contribution in [0.4, 0.5) is 0 Å². The van der Waals surface area contributed by atoms with E-state index >= 15 is 0 Å². The lowest BCUT2D eigenvalue weighted by molar-refractivity contribution is 0.124. The summed E-state index contributed by atoms with van der Waals surface area (Å²) in [6.07, 6.45) is -0.988. The number of rotatable bonds is 3. The minimum Gasteiger partial charge on any atom is -0.504 e. The number of hydrogen-bond donors (Lipinski definition) is 5. The predicted octanol–water partition coefficient (Wildman–Crippen LogP) is 1.90. The van der Waals surface area contributed by atoms with Crippen molar-refractivity contribution in [1.29, 1.82) is 0 Å². The van der Waals surface area contributed by atoms with Gasteiger partial charge in [0.1, 0.15) is 0 Å². The maximum Gasteiger partial charge on any atom is 0.157 e. The predicted molar refractivity (Wildman–Crippen MR) is 81.5 cm³/mol. The monoisotopic (exact) mass is 301 g/mol. The van der Waals surface area contributed by atoms with Gasteiger partial charge in [0.15, 0.2) is 11.5 Å². The Morgan fingerprint density at radius 3 is 2.36 bits per heavy atom. The second kappa shape index (κ2) is 5.96. The molecule has 1 aliphatic heterocycles. The minimum atomic E-state index is -0.744. The zero-order chi connectivity index (χ0) is 15.7. The Hall–Kier alpha value is -2.08. The van der Waals surface area contributed by atoms with Crippen molar-refractivity contribution in [2.45, 2.75) is 24.7 Å². The number of aromatic hydroxyl groups is 2. The van der Waals surface area contributed by atoms with Crippen molar-refractivity contribution >= 4 is 0 Å². The van der Waals surface area contributed by atoms with Crippen LogP contribution >= 0.6 is 0 Å². The first-order valence-corrected chi connectivity index (χ1v) is 7.26. The second-order valence-electron chi connectivity index (χ2n) is 5.61. The quantitative estimate of drug-likeness (QED) is 0.558. The molecule has 22 heavy (non-hydrogen) atoms. The summed E-state index contributed by atoms with van der Waals surface area (Å²) in [7, 11) is 0. The number of β-amino-alcohol motifs (C(OH)–C–C–N with tert-alkyl or cyclic N) is 1. The molecule has 3 rings (SSSR count). The number of phenolic OH excluding ortho intramolecular Hbond substituents is 2. The van der Waals surface area contributed by atoms with Gasteiger partial charge in [0, 0.05) is 12.6 Å². The standard InChI is InChI=1S/C17H19NO4/c19-14(10-4-2-1-3-5-10)8-13-11-6-15(20)16(21)7-12(11)17(22)9-18-13/h1-7,13-14,17-22H,8-9H2. The lowest BCUT2D eigenvalue weighted by Gasteiger charge is -2.32. The fourth-order valence-corrected chi connectivity index (χ4v) is 2.92. The van der Waals surface area contributed by atoms with Crippen LogP contribution in [0.1, 0.15) is 41.4 Å². The highest BCUT2D eigenvalue weighted by atomic mass is 16.3. The van der Waals surface area contributed by atoms with E-state index < -0.39 is 12.2 Å². The van der Waals surface area contributed by atoms with E-state index in [0.717, 1.165) is 5.56 Å². The zero-order valence-electron chi connectivity index (χ0n) is 12.0. The van der Waals surface area contributed by atoms with Crippen LogP contribution in [0.3, 0.4) is 0 Å². The largest absolute Gasteiger partial charge is 0.504 e. The van der Waals surface area contributed by atoms with Crippen LogP contribution < -0.4 is 5.32 Å². The summed E-state index contributed by atoms with van der Waals surface area (Å²) in [5, 5.41) is 42.9. The molecular formula is C17H19NO4. The molecule has 0 bridgehead atoms. The summed E-state index contributed by atoms with van der Waals surface area (Å²) in [6.45, 7) is 0.337. The van der Waals surface area contributed by atoms with E-state index in [9.17, 15) is 20.4 Å². The molecule has 3 unspecified atom stereocenters. The Labute approximate surface area is 128 Å². The summed E-state index contributed by atoms with van der Waals surface area (Å²) in [6, 6.07) is 12.0. The Morgan fingerprint density at radius 2 is 1.68 bits per heavy atom. The Morgan fingerprint density at radius 1 is 1.05 bits per heavy atom. The topological polar surface area (TPSA) is 93.0 Å². The van der Waals surface area contributed by atoms with Crippen LogP contribution in [0.5, 0.6) is 11.5 Å². The maximum absolute atomic E-state index is 10.4. The normalized spacial score (nSPS) is 22.1. The molecule has 5 heteroatoms. The van der Waals surface area contributed by atoms with Crippen LogP contribution in [-0.4, -0.2) is 27.0 Å². The molecule has 5 nitrogen and oxygen atoms in total. The van der Waals surface area contributed by atoms with Crippen molar-refractivity contribution in [3.63, 3.8) is 0 Å². The Bertz CT molecular complexity index is 659. The van der Waals surface area contributed by atoms with Crippen LogP contribution in [0.25, 0.3) is 0 Å². The molecule has 0 aliphatic carbocycles. The third-order valence-electron chi connectivity index (χ3n) is 4.12. The smallest absolute Gasteiger partial charge is 0.157 e. The van der Waals surface area contributed by atoms with E-state index in [1.807, 2.05) is 30.3 Å². The van der Waals surface area contributed by atoms with Crippen LogP contribution in [0, 0.1) is 0 Å². The molecule has 2 aromatic carbocycles. The summed E-state index contributed by atoms with van der Waals surface area (Å²) in [5.74, 6) is -0.476. The van der Waals surface area contributed by atoms with Gasteiger partial charge in [0.2, 0.25) is 0 Å². The van der Waals surface area contributed by atoms with E-state index in [1.165, 1.54) is 12.1 Å². The van der Waals surface area contributed by atoms with Crippen molar-refractivity contribution in [3.8, 4) is 11.5 Å². The Kier molecular flexibility index (Phi) is 4.02. The van der Waals surface area contributed by atoms with Gasteiger partial charge in [-0.3, -0.25) is 0 Å². The number of aliphatic hydroxyl groups is 2. The van der Waals surface area contributed by atoms with Crippen LogP contribution in [0.15, 0.2) is 42.5 Å². The lowest BCUT2D eigenvalue weighted by Crippen LogP contribution is -2.34.